The molecule has 27 heavy (non-hydrogen) atoms. The van der Waals surface area contributed by atoms with Crippen LogP contribution in [0.1, 0.15) is 16.7 Å². The molecule has 0 N–H and O–H groups in total. The Kier molecular flexibility index (Phi) is 4.27. The summed E-state index contributed by atoms with van der Waals surface area (Å²) in [4.78, 5) is 13.2. The van der Waals surface area contributed by atoms with Crippen molar-refractivity contribution in [3.63, 3.8) is 0 Å². The molecule has 4 rings (SSSR count). The summed E-state index contributed by atoms with van der Waals surface area (Å²) in [5.41, 5.74) is 3.89. The molecule has 0 spiro atoms. The molecule has 2 aromatic heterocycles. The molecule has 0 aliphatic heterocycles. The highest BCUT2D eigenvalue weighted by Crippen LogP contribution is 2.31. The first-order valence-electron chi connectivity index (χ1n) is 8.36. The van der Waals surface area contributed by atoms with Gasteiger partial charge in [-0.2, -0.15) is 5.26 Å². The van der Waals surface area contributed by atoms with E-state index in [0.29, 0.717) is 20.9 Å². The number of hydrogen-bond acceptors (Lipinski definition) is 4. The molecule has 2 aromatic carbocycles. The van der Waals surface area contributed by atoms with E-state index in [9.17, 15) is 10.1 Å². The minimum absolute atomic E-state index is 0.152. The van der Waals surface area contributed by atoms with E-state index in [0.717, 1.165) is 16.0 Å². The summed E-state index contributed by atoms with van der Waals surface area (Å²) >= 11 is 7.05. The van der Waals surface area contributed by atoms with Crippen LogP contribution < -0.4 is 5.56 Å². The fraction of sp³-hybridized carbons (Fsp3) is 0.0952. The van der Waals surface area contributed by atoms with Crippen LogP contribution in [0.25, 0.3) is 21.7 Å². The van der Waals surface area contributed by atoms with Gasteiger partial charge in [0, 0.05) is 5.69 Å². The molecule has 0 saturated carbocycles. The zero-order chi connectivity index (χ0) is 19.1. The second kappa shape index (κ2) is 6.62. The van der Waals surface area contributed by atoms with E-state index in [-0.39, 0.29) is 11.1 Å². The molecule has 0 unspecified atom stereocenters. The average Bonchev–Trinajstić information content (AvgIpc) is 3.01. The van der Waals surface area contributed by atoms with Gasteiger partial charge in [0.05, 0.1) is 10.4 Å². The molecule has 0 fully saturated rings. The van der Waals surface area contributed by atoms with Crippen LogP contribution in [-0.2, 0) is 0 Å². The molecular formula is C21H15N3OS2. The van der Waals surface area contributed by atoms with E-state index in [2.05, 4.69) is 6.07 Å². The molecule has 0 amide bonds. The molecule has 0 atom stereocenters. The van der Waals surface area contributed by atoms with Gasteiger partial charge < -0.3 is 0 Å². The Balaban J connectivity index is 2.25. The number of thiazole rings is 1. The van der Waals surface area contributed by atoms with Crippen LogP contribution in [0.4, 0.5) is 0 Å². The van der Waals surface area contributed by atoms with Gasteiger partial charge >= 0.3 is 0 Å². The third-order valence-electron chi connectivity index (χ3n) is 4.55. The first-order chi connectivity index (χ1) is 13.0. The van der Waals surface area contributed by atoms with Crippen molar-refractivity contribution in [1.82, 2.24) is 9.13 Å². The van der Waals surface area contributed by atoms with Crippen molar-refractivity contribution in [3.8, 4) is 17.4 Å². The van der Waals surface area contributed by atoms with E-state index in [4.69, 9.17) is 12.2 Å². The average molecular weight is 390 g/mol. The Labute approximate surface area is 165 Å². The lowest BCUT2D eigenvalue weighted by Gasteiger charge is -2.14. The fourth-order valence-electron chi connectivity index (χ4n) is 3.16. The third-order valence-corrected chi connectivity index (χ3v) is 6.03. The zero-order valence-electron chi connectivity index (χ0n) is 14.8. The summed E-state index contributed by atoms with van der Waals surface area (Å²) in [7, 11) is 0. The molecule has 132 valence electrons. The van der Waals surface area contributed by atoms with Gasteiger partial charge in [-0.3, -0.25) is 13.9 Å². The molecular weight excluding hydrogens is 374 g/mol. The van der Waals surface area contributed by atoms with Crippen LogP contribution >= 0.6 is 23.6 Å². The maximum Gasteiger partial charge on any atom is 0.275 e. The highest BCUT2D eigenvalue weighted by atomic mass is 32.1. The summed E-state index contributed by atoms with van der Waals surface area (Å²) in [6.07, 6.45) is 0. The zero-order valence-corrected chi connectivity index (χ0v) is 16.4. The van der Waals surface area contributed by atoms with Crippen molar-refractivity contribution in [1.29, 1.82) is 5.26 Å². The van der Waals surface area contributed by atoms with Crippen molar-refractivity contribution in [3.05, 3.63) is 85.6 Å². The number of fused-ring (bicyclic) bond motifs is 1. The van der Waals surface area contributed by atoms with Crippen molar-refractivity contribution < 1.29 is 0 Å². The normalized spacial score (nSPS) is 10.9. The Morgan fingerprint density at radius 3 is 2.22 bits per heavy atom. The molecule has 4 aromatic rings. The first-order valence-corrected chi connectivity index (χ1v) is 9.59. The predicted octanol–water partition coefficient (Wildman–Crippen LogP) is 5.06. The highest BCUT2D eigenvalue weighted by molar-refractivity contribution is 7.73. The third kappa shape index (κ3) is 2.72. The summed E-state index contributed by atoms with van der Waals surface area (Å²) in [5, 5.41) is 9.58. The number of nitriles is 1. The van der Waals surface area contributed by atoms with E-state index in [1.807, 2.05) is 73.0 Å². The SMILES string of the molecule is Cc1ccc(-n2c(=O)c(C#N)c(C)c3sc(=S)n(-c4ccccc4)c32)cc1. The van der Waals surface area contributed by atoms with Crippen LogP contribution in [0.15, 0.2) is 59.4 Å². The molecule has 2 heterocycles. The Bertz CT molecular complexity index is 1320. The lowest BCUT2D eigenvalue weighted by Crippen LogP contribution is -2.24. The van der Waals surface area contributed by atoms with E-state index < -0.39 is 0 Å². The number of para-hydroxylation sites is 1. The van der Waals surface area contributed by atoms with E-state index >= 15 is 0 Å². The number of hydrogen-bond donors (Lipinski definition) is 0. The smallest absolute Gasteiger partial charge is 0.275 e. The lowest BCUT2D eigenvalue weighted by atomic mass is 10.1. The molecule has 4 nitrogen and oxygen atoms in total. The van der Waals surface area contributed by atoms with Gasteiger partial charge in [0.25, 0.3) is 5.56 Å². The molecule has 0 aliphatic carbocycles. The van der Waals surface area contributed by atoms with Crippen molar-refractivity contribution >= 4 is 33.9 Å². The fourth-order valence-corrected chi connectivity index (χ4v) is 4.59. The second-order valence-corrected chi connectivity index (χ2v) is 7.92. The summed E-state index contributed by atoms with van der Waals surface area (Å²) in [6, 6.07) is 19.5. The molecule has 6 heteroatoms. The quantitative estimate of drug-likeness (QED) is 0.450. The number of benzene rings is 2. The topological polar surface area (TPSA) is 50.7 Å². The number of aryl methyl sites for hydroxylation is 2. The maximum atomic E-state index is 13.2. The standard InChI is InChI=1S/C21H15N3OS2/c1-13-8-10-16(11-9-13)23-19-18(14(2)17(12-22)20(23)25)27-21(26)24(19)15-6-4-3-5-7-15/h3-11H,1-2H3. The minimum atomic E-state index is -0.330. The maximum absolute atomic E-state index is 13.2. The Hall–Kier alpha value is -3.01. The monoisotopic (exact) mass is 389 g/mol. The van der Waals surface area contributed by atoms with Crippen LogP contribution in [0.2, 0.25) is 0 Å². The second-order valence-electron chi connectivity index (χ2n) is 6.28. The van der Waals surface area contributed by atoms with Crippen LogP contribution in [0.5, 0.6) is 0 Å². The van der Waals surface area contributed by atoms with Gasteiger partial charge in [-0.25, -0.2) is 0 Å². The first kappa shape index (κ1) is 17.4. The van der Waals surface area contributed by atoms with Crippen LogP contribution in [-0.4, -0.2) is 9.13 Å². The summed E-state index contributed by atoms with van der Waals surface area (Å²) in [5.74, 6) is 0. The van der Waals surface area contributed by atoms with E-state index in [1.54, 1.807) is 4.57 Å². The highest BCUT2D eigenvalue weighted by Gasteiger charge is 2.20. The molecule has 0 radical (unpaired) electrons. The van der Waals surface area contributed by atoms with Gasteiger partial charge in [0.2, 0.25) is 0 Å². The van der Waals surface area contributed by atoms with Crippen molar-refractivity contribution in [2.45, 2.75) is 13.8 Å². The lowest BCUT2D eigenvalue weighted by molar-refractivity contribution is 0.958. The van der Waals surface area contributed by atoms with Gasteiger partial charge in [-0.15, -0.1) is 11.3 Å². The minimum Gasteiger partial charge on any atom is -0.277 e. The molecule has 0 aliphatic rings. The van der Waals surface area contributed by atoms with Gasteiger partial charge in [0.15, 0.2) is 3.95 Å². The number of aromatic nitrogens is 2. The Morgan fingerprint density at radius 1 is 0.963 bits per heavy atom. The summed E-state index contributed by atoms with van der Waals surface area (Å²) in [6.45, 7) is 3.80. The number of nitrogens with zero attached hydrogens (tertiary/aromatic N) is 3. The van der Waals surface area contributed by atoms with Crippen molar-refractivity contribution in [2.75, 3.05) is 0 Å². The number of pyridine rings is 1. The van der Waals surface area contributed by atoms with Crippen LogP contribution in [0, 0.1) is 29.1 Å². The largest absolute Gasteiger partial charge is 0.277 e. The predicted molar refractivity (Wildman–Crippen MR) is 112 cm³/mol. The van der Waals surface area contributed by atoms with E-state index in [1.165, 1.54) is 11.3 Å². The molecule has 0 bridgehead atoms. The van der Waals surface area contributed by atoms with Crippen LogP contribution in [0.3, 0.4) is 0 Å². The number of rotatable bonds is 2. The van der Waals surface area contributed by atoms with Gasteiger partial charge in [-0.1, -0.05) is 35.9 Å². The van der Waals surface area contributed by atoms with Crippen molar-refractivity contribution in [2.24, 2.45) is 0 Å². The summed E-state index contributed by atoms with van der Waals surface area (Å²) < 4.78 is 4.99. The van der Waals surface area contributed by atoms with Gasteiger partial charge in [0.1, 0.15) is 17.3 Å². The molecule has 0 saturated heterocycles. The van der Waals surface area contributed by atoms with Gasteiger partial charge in [-0.05, 0) is 55.9 Å². The Morgan fingerprint density at radius 2 is 1.59 bits per heavy atom.